The highest BCUT2D eigenvalue weighted by Gasteiger charge is 2.38. The second kappa shape index (κ2) is 4.79. The van der Waals surface area contributed by atoms with Gasteiger partial charge in [0.1, 0.15) is 0 Å². The van der Waals surface area contributed by atoms with Crippen molar-refractivity contribution in [1.82, 2.24) is 5.32 Å². The Balaban J connectivity index is 1.46. The highest BCUT2D eigenvalue weighted by Crippen LogP contribution is 2.47. The number of rotatable bonds is 4. The van der Waals surface area contributed by atoms with Crippen LogP contribution in [-0.2, 0) is 6.54 Å². The van der Waals surface area contributed by atoms with E-state index >= 15 is 0 Å². The summed E-state index contributed by atoms with van der Waals surface area (Å²) in [5.74, 6) is 3.09. The van der Waals surface area contributed by atoms with Gasteiger partial charge < -0.3 is 5.32 Å². The van der Waals surface area contributed by atoms with Crippen molar-refractivity contribution < 1.29 is 0 Å². The lowest BCUT2D eigenvalue weighted by atomic mass is 9.89. The van der Waals surface area contributed by atoms with E-state index in [0.717, 1.165) is 24.3 Å². The molecule has 0 amide bonds. The van der Waals surface area contributed by atoms with Crippen LogP contribution in [0.25, 0.3) is 0 Å². The third kappa shape index (κ3) is 2.22. The fourth-order valence-corrected chi connectivity index (χ4v) is 4.91. The Morgan fingerprint density at radius 3 is 2.94 bits per heavy atom. The minimum atomic E-state index is 0.970. The average molecular weight is 300 g/mol. The van der Waals surface area contributed by atoms with Crippen LogP contribution in [-0.4, -0.2) is 6.54 Å². The van der Waals surface area contributed by atoms with Crippen LogP contribution in [0.5, 0.6) is 0 Å². The molecule has 2 aliphatic carbocycles. The van der Waals surface area contributed by atoms with Crippen LogP contribution >= 0.6 is 27.3 Å². The van der Waals surface area contributed by atoms with Gasteiger partial charge >= 0.3 is 0 Å². The van der Waals surface area contributed by atoms with Gasteiger partial charge in [-0.25, -0.2) is 0 Å². The molecular weight excluding hydrogens is 282 g/mol. The Bertz CT molecular complexity index is 363. The summed E-state index contributed by atoms with van der Waals surface area (Å²) in [6, 6.07) is 2.14. The van der Waals surface area contributed by atoms with Crippen LogP contribution in [0.3, 0.4) is 0 Å². The van der Waals surface area contributed by atoms with E-state index in [1.54, 1.807) is 0 Å². The summed E-state index contributed by atoms with van der Waals surface area (Å²) in [5.41, 5.74) is 0. The van der Waals surface area contributed by atoms with Crippen molar-refractivity contribution in [2.75, 3.05) is 6.54 Å². The molecule has 88 valence electrons. The van der Waals surface area contributed by atoms with E-state index in [1.165, 1.54) is 41.6 Å². The first-order valence-electron chi connectivity index (χ1n) is 6.25. The van der Waals surface area contributed by atoms with E-state index in [2.05, 4.69) is 32.7 Å². The maximum absolute atomic E-state index is 3.64. The predicted octanol–water partition coefficient (Wildman–Crippen LogP) is 4.04. The van der Waals surface area contributed by atoms with Crippen molar-refractivity contribution in [3.63, 3.8) is 0 Å². The molecule has 1 heterocycles. The van der Waals surface area contributed by atoms with Crippen LogP contribution in [0, 0.1) is 17.8 Å². The Morgan fingerprint density at radius 2 is 2.31 bits per heavy atom. The smallest absolute Gasteiger partial charge is 0.0327 e. The second-order valence-corrected chi connectivity index (χ2v) is 7.11. The maximum Gasteiger partial charge on any atom is 0.0327 e. The normalized spacial score (nSPS) is 32.4. The summed E-state index contributed by atoms with van der Waals surface area (Å²) in [7, 11) is 0. The highest BCUT2D eigenvalue weighted by atomic mass is 79.9. The second-order valence-electron chi connectivity index (χ2n) is 5.26. The standard InChI is InChI=1S/C13H18BrNS/c14-12-3-4-16-13(12)8-15-7-11-6-9-1-2-10(11)5-9/h3-4,9-11,15H,1-2,5-8H2. The molecule has 1 nitrogen and oxygen atoms in total. The molecule has 1 aromatic rings. The molecule has 2 fully saturated rings. The van der Waals surface area contributed by atoms with Crippen molar-refractivity contribution >= 4 is 27.3 Å². The molecule has 0 aliphatic heterocycles. The van der Waals surface area contributed by atoms with E-state index < -0.39 is 0 Å². The van der Waals surface area contributed by atoms with Crippen molar-refractivity contribution in [1.29, 1.82) is 0 Å². The van der Waals surface area contributed by atoms with E-state index in [9.17, 15) is 0 Å². The largest absolute Gasteiger partial charge is 0.312 e. The fourth-order valence-electron chi connectivity index (χ4n) is 3.45. The fraction of sp³-hybridized carbons (Fsp3) is 0.692. The van der Waals surface area contributed by atoms with Crippen molar-refractivity contribution in [3.05, 3.63) is 20.8 Å². The molecule has 0 aromatic carbocycles. The molecule has 2 aliphatic rings. The molecule has 3 atom stereocenters. The number of nitrogens with one attached hydrogen (secondary N) is 1. The van der Waals surface area contributed by atoms with E-state index in [1.807, 2.05) is 11.3 Å². The van der Waals surface area contributed by atoms with Gasteiger partial charge in [-0.3, -0.25) is 0 Å². The SMILES string of the molecule is Brc1ccsc1CNCC1CC2CCC1C2. The summed E-state index contributed by atoms with van der Waals surface area (Å²) in [4.78, 5) is 1.43. The first kappa shape index (κ1) is 11.2. The average Bonchev–Trinajstić information content (AvgIpc) is 2.96. The lowest BCUT2D eigenvalue weighted by Crippen LogP contribution is -2.25. The number of thiophene rings is 1. The maximum atomic E-state index is 3.64. The topological polar surface area (TPSA) is 12.0 Å². The van der Waals surface area contributed by atoms with Gasteiger partial charge in [0.2, 0.25) is 0 Å². The molecule has 0 radical (unpaired) electrons. The van der Waals surface area contributed by atoms with Crippen LogP contribution in [0.4, 0.5) is 0 Å². The molecule has 2 saturated carbocycles. The Kier molecular flexibility index (Phi) is 3.37. The number of fused-ring (bicyclic) bond motifs is 2. The van der Waals surface area contributed by atoms with Gasteiger partial charge in [0.15, 0.2) is 0 Å². The molecule has 0 spiro atoms. The summed E-state index contributed by atoms with van der Waals surface area (Å²) in [5, 5.41) is 5.79. The van der Waals surface area contributed by atoms with Gasteiger partial charge in [0.05, 0.1) is 0 Å². The summed E-state index contributed by atoms with van der Waals surface area (Å²) >= 11 is 5.42. The van der Waals surface area contributed by atoms with Gasteiger partial charge in [0.25, 0.3) is 0 Å². The molecule has 16 heavy (non-hydrogen) atoms. The Labute approximate surface area is 110 Å². The first-order chi connectivity index (χ1) is 7.83. The third-order valence-corrected chi connectivity index (χ3v) is 6.19. The van der Waals surface area contributed by atoms with Gasteiger partial charge in [-0.15, -0.1) is 11.3 Å². The number of halogens is 1. The number of hydrogen-bond donors (Lipinski definition) is 1. The van der Waals surface area contributed by atoms with E-state index in [-0.39, 0.29) is 0 Å². The molecule has 1 aromatic heterocycles. The lowest BCUT2D eigenvalue weighted by molar-refractivity contribution is 0.319. The molecular formula is C13H18BrNS. The molecule has 1 N–H and O–H groups in total. The van der Waals surface area contributed by atoms with Crippen molar-refractivity contribution in [2.45, 2.75) is 32.2 Å². The Morgan fingerprint density at radius 1 is 1.38 bits per heavy atom. The third-order valence-electron chi connectivity index (χ3n) is 4.27. The van der Waals surface area contributed by atoms with Crippen LogP contribution in [0.1, 0.15) is 30.6 Å². The molecule has 3 heteroatoms. The molecule has 3 unspecified atom stereocenters. The zero-order valence-electron chi connectivity index (χ0n) is 9.42. The van der Waals surface area contributed by atoms with Gasteiger partial charge in [-0.05, 0) is 70.9 Å². The van der Waals surface area contributed by atoms with Crippen molar-refractivity contribution in [3.8, 4) is 0 Å². The summed E-state index contributed by atoms with van der Waals surface area (Å²) < 4.78 is 1.26. The number of hydrogen-bond acceptors (Lipinski definition) is 2. The first-order valence-corrected chi connectivity index (χ1v) is 7.93. The molecule has 0 saturated heterocycles. The predicted molar refractivity (Wildman–Crippen MR) is 72.7 cm³/mol. The zero-order chi connectivity index (χ0) is 11.0. The minimum absolute atomic E-state index is 0.970. The lowest BCUT2D eigenvalue weighted by Gasteiger charge is -2.21. The molecule has 2 bridgehead atoms. The summed E-state index contributed by atoms with van der Waals surface area (Å²) in [6.45, 7) is 2.26. The van der Waals surface area contributed by atoms with Crippen LogP contribution in [0.2, 0.25) is 0 Å². The zero-order valence-corrected chi connectivity index (χ0v) is 11.8. The quantitative estimate of drug-likeness (QED) is 0.885. The monoisotopic (exact) mass is 299 g/mol. The molecule has 3 rings (SSSR count). The van der Waals surface area contributed by atoms with Gasteiger partial charge in [-0.1, -0.05) is 6.42 Å². The van der Waals surface area contributed by atoms with E-state index in [0.29, 0.717) is 0 Å². The van der Waals surface area contributed by atoms with Gasteiger partial charge in [0, 0.05) is 15.9 Å². The van der Waals surface area contributed by atoms with Crippen LogP contribution in [0.15, 0.2) is 15.9 Å². The van der Waals surface area contributed by atoms with Gasteiger partial charge in [-0.2, -0.15) is 0 Å². The van der Waals surface area contributed by atoms with Crippen molar-refractivity contribution in [2.24, 2.45) is 17.8 Å². The summed E-state index contributed by atoms with van der Waals surface area (Å²) in [6.07, 6.45) is 6.02. The van der Waals surface area contributed by atoms with E-state index in [4.69, 9.17) is 0 Å². The minimum Gasteiger partial charge on any atom is -0.312 e. The highest BCUT2D eigenvalue weighted by molar-refractivity contribution is 9.10. The Hall–Kier alpha value is 0.140. The van der Waals surface area contributed by atoms with Crippen LogP contribution < -0.4 is 5.32 Å².